The predicted octanol–water partition coefficient (Wildman–Crippen LogP) is 12.8. The fraction of sp³-hybridized carbons (Fsp3) is 0.538. The van der Waals surface area contributed by atoms with E-state index in [1.54, 1.807) is 0 Å². The number of hydrogen-bond donors (Lipinski definition) is 1. The zero-order valence-electron chi connectivity index (χ0n) is 32.5. The molecular weight excluding hydrogens is 685 g/mol. The third-order valence-electron chi connectivity index (χ3n) is 7.63. The van der Waals surface area contributed by atoms with Crippen LogP contribution in [0, 0.1) is 0 Å². The molecule has 2 unspecified atom stereocenters. The monoisotopic (exact) mass is 748 g/mol. The van der Waals surface area contributed by atoms with Gasteiger partial charge in [0.2, 0.25) is 0 Å². The Balaban J connectivity index is 2.12. The van der Waals surface area contributed by atoms with Crippen LogP contribution in [0.5, 0.6) is 17.2 Å². The average Bonchev–Trinajstić information content (AvgIpc) is 3.04. The summed E-state index contributed by atoms with van der Waals surface area (Å²) in [5.41, 5.74) is 3.68. The fourth-order valence-electron chi connectivity index (χ4n) is 4.59. The molecule has 3 rings (SSSR count). The van der Waals surface area contributed by atoms with E-state index in [9.17, 15) is 0 Å². The summed E-state index contributed by atoms with van der Waals surface area (Å²) in [6.07, 6.45) is 2.38. The van der Waals surface area contributed by atoms with Gasteiger partial charge in [-0.15, -0.1) is 0 Å². The molecule has 3 aromatic rings. The van der Waals surface area contributed by atoms with Gasteiger partial charge in [0.25, 0.3) is 0 Å². The van der Waals surface area contributed by atoms with Crippen LogP contribution in [0.3, 0.4) is 0 Å². The average molecular weight is 749 g/mol. The summed E-state index contributed by atoms with van der Waals surface area (Å²) in [6.45, 7) is 27.3. The van der Waals surface area contributed by atoms with Crippen LogP contribution in [0.1, 0.15) is 119 Å². The first-order chi connectivity index (χ1) is 23.5. The molecule has 0 spiro atoms. The molecule has 0 saturated heterocycles. The molecule has 8 nitrogen and oxygen atoms in total. The summed E-state index contributed by atoms with van der Waals surface area (Å²) in [4.78, 5) is 3.56. The molecule has 0 bridgehead atoms. The van der Waals surface area contributed by atoms with E-state index >= 15 is 0 Å². The van der Waals surface area contributed by atoms with Gasteiger partial charge in [0.05, 0.1) is 0 Å². The molecule has 0 amide bonds. The third kappa shape index (κ3) is 13.8. The predicted molar refractivity (Wildman–Crippen MR) is 215 cm³/mol. The second kappa shape index (κ2) is 19.2. The van der Waals surface area contributed by atoms with Gasteiger partial charge < -0.3 is 0 Å². The van der Waals surface area contributed by atoms with Crippen molar-refractivity contribution in [2.75, 3.05) is 19.8 Å². The molecule has 3 aromatic carbocycles. The standard InChI is InChI=1S/C39H63N2O6P3/c1-13-28-42-48(45-34-22-16-31(17-23-34)37(4,5)6)40-50(44-30-15-3,47-36-26-20-33(21-27-36)39(10,11)12)41-49(43-29-14-2)46-35-24-18-32(19-25-35)38(7,8)9/h16-27,40,49-50H,13-15,28-30H2,1-12H3. The number of nitrogens with zero attached hydrogens (tertiary/aromatic N) is 1. The van der Waals surface area contributed by atoms with E-state index in [1.807, 2.05) is 36.4 Å². The number of nitrogens with one attached hydrogen (secondary N) is 1. The van der Waals surface area contributed by atoms with E-state index in [-0.39, 0.29) is 16.2 Å². The van der Waals surface area contributed by atoms with Crippen LogP contribution < -0.4 is 18.4 Å². The van der Waals surface area contributed by atoms with Gasteiger partial charge in [0.15, 0.2) is 0 Å². The first-order valence-electron chi connectivity index (χ1n) is 17.9. The summed E-state index contributed by atoms with van der Waals surface area (Å²) in [5.74, 6) is 1.99. The van der Waals surface area contributed by atoms with Gasteiger partial charge in [0, 0.05) is 0 Å². The normalized spacial score (nSPS) is 14.3. The summed E-state index contributed by atoms with van der Waals surface area (Å²) in [6, 6.07) is 24.4. The van der Waals surface area contributed by atoms with E-state index in [0.29, 0.717) is 37.1 Å². The molecule has 50 heavy (non-hydrogen) atoms. The maximum absolute atomic E-state index is 6.86. The Labute approximate surface area is 305 Å². The number of hydrogen-bond acceptors (Lipinski definition) is 8. The SMILES string of the molecule is CCCOP(N[PH](N=[PH](OCCC)Oc1ccc(C(C)(C)C)cc1)(OCCC)Oc1ccc(C(C)(C)C)cc1)Oc1ccc(C(C)(C)C)cc1. The van der Waals surface area contributed by atoms with Crippen LogP contribution in [0.25, 0.3) is 0 Å². The van der Waals surface area contributed by atoms with Crippen LogP contribution in [0.4, 0.5) is 0 Å². The van der Waals surface area contributed by atoms with E-state index < -0.39 is 24.7 Å². The molecule has 0 heterocycles. The van der Waals surface area contributed by atoms with Crippen LogP contribution in [-0.2, 0) is 29.8 Å². The quantitative estimate of drug-likeness (QED) is 0.130. The van der Waals surface area contributed by atoms with Crippen molar-refractivity contribution in [3.63, 3.8) is 0 Å². The Morgan fingerprint density at radius 3 is 1.48 bits per heavy atom. The van der Waals surface area contributed by atoms with E-state index in [1.165, 1.54) is 16.7 Å². The summed E-state index contributed by atoms with van der Waals surface area (Å²) >= 11 is 0. The van der Waals surface area contributed by atoms with Gasteiger partial charge in [-0.05, 0) is 0 Å². The topological polar surface area (TPSA) is 79.8 Å². The Morgan fingerprint density at radius 1 is 0.600 bits per heavy atom. The second-order valence-corrected chi connectivity index (χ2v) is 20.9. The Bertz CT molecular complexity index is 1460. The Morgan fingerprint density at radius 2 is 1.04 bits per heavy atom. The fourth-order valence-corrected chi connectivity index (χ4v) is 11.4. The first kappa shape index (κ1) is 42.4. The van der Waals surface area contributed by atoms with Gasteiger partial charge in [-0.2, -0.15) is 0 Å². The molecule has 0 aliphatic carbocycles. The molecule has 0 fully saturated rings. The molecule has 2 atom stereocenters. The summed E-state index contributed by atoms with van der Waals surface area (Å²) in [7, 11) is -7.87. The maximum atomic E-state index is 6.86. The minimum absolute atomic E-state index is 0.00634. The van der Waals surface area contributed by atoms with E-state index in [0.717, 1.165) is 19.3 Å². The third-order valence-corrected chi connectivity index (χ3v) is 14.2. The van der Waals surface area contributed by atoms with Crippen LogP contribution >= 0.6 is 24.7 Å². The first-order valence-corrected chi connectivity index (χ1v) is 22.1. The van der Waals surface area contributed by atoms with Crippen molar-refractivity contribution in [1.29, 1.82) is 0 Å². The van der Waals surface area contributed by atoms with Crippen LogP contribution in [-0.4, -0.2) is 19.8 Å². The number of rotatable bonds is 18. The summed E-state index contributed by atoms with van der Waals surface area (Å²) in [5, 5.41) is 0. The zero-order chi connectivity index (χ0) is 37.0. The zero-order valence-corrected chi connectivity index (χ0v) is 35.4. The van der Waals surface area contributed by atoms with E-state index in [2.05, 4.69) is 124 Å². The molecule has 0 aromatic heterocycles. The Kier molecular flexibility index (Phi) is 16.3. The van der Waals surface area contributed by atoms with Crippen molar-refractivity contribution in [2.24, 2.45) is 4.52 Å². The van der Waals surface area contributed by atoms with Gasteiger partial charge in [-0.1, -0.05) is 0 Å². The molecule has 0 radical (unpaired) electrons. The minimum atomic E-state index is -3.79. The molecular formula is C39H63N2O6P3. The van der Waals surface area contributed by atoms with Crippen molar-refractivity contribution in [3.05, 3.63) is 89.5 Å². The van der Waals surface area contributed by atoms with Gasteiger partial charge in [-0.3, -0.25) is 0 Å². The molecule has 11 heteroatoms. The van der Waals surface area contributed by atoms with Crippen molar-refractivity contribution < 1.29 is 27.1 Å². The van der Waals surface area contributed by atoms with Crippen molar-refractivity contribution in [3.8, 4) is 17.2 Å². The summed E-state index contributed by atoms with van der Waals surface area (Å²) < 4.78 is 44.5. The Hall–Kier alpha value is -2.01. The van der Waals surface area contributed by atoms with Gasteiger partial charge in [-0.25, -0.2) is 0 Å². The van der Waals surface area contributed by atoms with Crippen molar-refractivity contribution >= 4 is 24.7 Å². The van der Waals surface area contributed by atoms with Gasteiger partial charge >= 0.3 is 306 Å². The van der Waals surface area contributed by atoms with Crippen molar-refractivity contribution in [1.82, 2.24) is 4.86 Å². The second-order valence-electron chi connectivity index (χ2n) is 15.5. The van der Waals surface area contributed by atoms with Crippen LogP contribution in [0.2, 0.25) is 0 Å². The molecule has 0 aliphatic heterocycles. The number of benzene rings is 3. The van der Waals surface area contributed by atoms with Crippen molar-refractivity contribution in [2.45, 2.75) is 119 Å². The van der Waals surface area contributed by atoms with Gasteiger partial charge in [0.1, 0.15) is 0 Å². The molecule has 0 aliphatic rings. The molecule has 280 valence electrons. The molecule has 0 saturated carbocycles. The molecule has 1 N–H and O–H groups in total. The van der Waals surface area contributed by atoms with E-state index in [4.69, 9.17) is 31.7 Å². The van der Waals surface area contributed by atoms with Crippen LogP contribution in [0.15, 0.2) is 77.3 Å².